The molecular weight excluding hydrogens is 402 g/mol. The van der Waals surface area contributed by atoms with Crippen LogP contribution in [0, 0.1) is 0 Å². The zero-order chi connectivity index (χ0) is 23.1. The summed E-state index contributed by atoms with van der Waals surface area (Å²) in [6.45, 7) is 5.31. The molecule has 0 aliphatic carbocycles. The van der Waals surface area contributed by atoms with Crippen LogP contribution in [0.3, 0.4) is 0 Å². The van der Waals surface area contributed by atoms with Gasteiger partial charge in [0.25, 0.3) is 0 Å². The fourth-order valence-corrected chi connectivity index (χ4v) is 4.11. The van der Waals surface area contributed by atoms with Gasteiger partial charge in [0.15, 0.2) is 0 Å². The first kappa shape index (κ1) is 25.0. The zero-order valence-corrected chi connectivity index (χ0v) is 20.7. The molecule has 0 atom stereocenters. The van der Waals surface area contributed by atoms with Gasteiger partial charge in [-0.3, -0.25) is 4.98 Å². The molecular formula is C31H41NO. The molecule has 0 amide bonds. The van der Waals surface area contributed by atoms with Gasteiger partial charge in [-0.25, -0.2) is 0 Å². The van der Waals surface area contributed by atoms with Gasteiger partial charge >= 0.3 is 0 Å². The molecule has 1 aromatic heterocycles. The van der Waals surface area contributed by atoms with Gasteiger partial charge in [0.1, 0.15) is 5.75 Å². The minimum atomic E-state index is 0.814. The van der Waals surface area contributed by atoms with Gasteiger partial charge < -0.3 is 4.74 Å². The number of unbranched alkanes of at least 4 members (excludes halogenated alkanes) is 6. The lowest BCUT2D eigenvalue weighted by molar-refractivity contribution is 0.304. The smallest absolute Gasteiger partial charge is 0.119 e. The van der Waals surface area contributed by atoms with Gasteiger partial charge in [-0.2, -0.15) is 0 Å². The summed E-state index contributed by atoms with van der Waals surface area (Å²) in [4.78, 5) is 4.67. The molecule has 0 spiro atoms. The van der Waals surface area contributed by atoms with Crippen molar-refractivity contribution >= 4 is 0 Å². The zero-order valence-electron chi connectivity index (χ0n) is 20.7. The van der Waals surface area contributed by atoms with Crippen LogP contribution >= 0.6 is 0 Å². The number of ether oxygens (including phenoxy) is 1. The predicted octanol–water partition coefficient (Wildman–Crippen LogP) is 8.62. The van der Waals surface area contributed by atoms with Crippen molar-refractivity contribution in [1.29, 1.82) is 0 Å². The van der Waals surface area contributed by atoms with E-state index < -0.39 is 0 Å². The molecule has 2 nitrogen and oxygen atoms in total. The van der Waals surface area contributed by atoms with Crippen LogP contribution in [0.15, 0.2) is 66.9 Å². The SMILES string of the molecule is CCCCCCCOc1ccc(-c2ccc(CCc3ccc(CCCCC)cn3)cc2)cc1. The van der Waals surface area contributed by atoms with E-state index in [1.807, 2.05) is 0 Å². The number of aryl methyl sites for hydroxylation is 3. The van der Waals surface area contributed by atoms with E-state index in [2.05, 4.69) is 85.7 Å². The molecule has 2 heteroatoms. The highest BCUT2D eigenvalue weighted by Gasteiger charge is 2.02. The third kappa shape index (κ3) is 9.04. The number of hydrogen-bond donors (Lipinski definition) is 0. The lowest BCUT2D eigenvalue weighted by Crippen LogP contribution is -1.97. The van der Waals surface area contributed by atoms with Gasteiger partial charge in [-0.15, -0.1) is 0 Å². The molecule has 1 heterocycles. The van der Waals surface area contributed by atoms with E-state index in [1.54, 1.807) is 0 Å². The summed E-state index contributed by atoms with van der Waals surface area (Å²) in [6, 6.07) is 21.9. The standard InChI is InChI=1S/C31H41NO/c1-3-5-7-8-10-24-33-31-22-18-29(19-23-31)28-16-12-26(13-17-28)14-20-30-21-15-27(25-32-30)11-9-6-4-2/h12-13,15-19,21-23,25H,3-11,14,20,24H2,1-2H3. The summed E-state index contributed by atoms with van der Waals surface area (Å²) >= 11 is 0. The van der Waals surface area contributed by atoms with Crippen LogP contribution in [0.5, 0.6) is 5.75 Å². The monoisotopic (exact) mass is 443 g/mol. The first-order chi connectivity index (χ1) is 16.3. The van der Waals surface area contributed by atoms with Crippen molar-refractivity contribution in [2.24, 2.45) is 0 Å². The van der Waals surface area contributed by atoms with E-state index in [-0.39, 0.29) is 0 Å². The third-order valence-electron chi connectivity index (χ3n) is 6.28. The summed E-state index contributed by atoms with van der Waals surface area (Å²) in [5.74, 6) is 0.967. The van der Waals surface area contributed by atoms with Crippen LogP contribution in [0.2, 0.25) is 0 Å². The van der Waals surface area contributed by atoms with Gasteiger partial charge in [0.2, 0.25) is 0 Å². The molecule has 0 aliphatic rings. The number of hydrogen-bond acceptors (Lipinski definition) is 2. The maximum Gasteiger partial charge on any atom is 0.119 e. The van der Waals surface area contributed by atoms with Gasteiger partial charge in [-0.05, 0) is 72.6 Å². The first-order valence-corrected chi connectivity index (χ1v) is 13.0. The minimum Gasteiger partial charge on any atom is -0.494 e. The highest BCUT2D eigenvalue weighted by Crippen LogP contribution is 2.23. The van der Waals surface area contributed by atoms with Crippen molar-refractivity contribution in [3.05, 3.63) is 83.7 Å². The molecule has 33 heavy (non-hydrogen) atoms. The maximum absolute atomic E-state index is 5.90. The quantitative estimate of drug-likeness (QED) is 0.219. The maximum atomic E-state index is 5.90. The highest BCUT2D eigenvalue weighted by molar-refractivity contribution is 5.64. The van der Waals surface area contributed by atoms with Crippen LogP contribution in [0.25, 0.3) is 11.1 Å². The van der Waals surface area contributed by atoms with Crippen LogP contribution in [0.4, 0.5) is 0 Å². The Morgan fingerprint density at radius 3 is 1.88 bits per heavy atom. The molecule has 3 rings (SSSR count). The Hall–Kier alpha value is -2.61. The molecule has 0 aliphatic heterocycles. The Kier molecular flexibility index (Phi) is 11.0. The lowest BCUT2D eigenvalue weighted by atomic mass is 10.0. The molecule has 0 radical (unpaired) electrons. The number of pyridine rings is 1. The van der Waals surface area contributed by atoms with E-state index >= 15 is 0 Å². The Morgan fingerprint density at radius 2 is 1.21 bits per heavy atom. The largest absolute Gasteiger partial charge is 0.494 e. The third-order valence-corrected chi connectivity index (χ3v) is 6.28. The molecule has 0 unspecified atom stereocenters. The molecule has 176 valence electrons. The fraction of sp³-hybridized carbons (Fsp3) is 0.452. The van der Waals surface area contributed by atoms with Crippen LogP contribution in [-0.4, -0.2) is 11.6 Å². The molecule has 0 saturated heterocycles. The predicted molar refractivity (Wildman–Crippen MR) is 141 cm³/mol. The number of nitrogens with zero attached hydrogens (tertiary/aromatic N) is 1. The van der Waals surface area contributed by atoms with Crippen molar-refractivity contribution in [3.8, 4) is 16.9 Å². The molecule has 0 saturated carbocycles. The van der Waals surface area contributed by atoms with Crippen molar-refractivity contribution in [2.45, 2.75) is 84.5 Å². The van der Waals surface area contributed by atoms with Gasteiger partial charge in [0.05, 0.1) is 6.61 Å². The van der Waals surface area contributed by atoms with E-state index in [1.165, 1.54) is 72.9 Å². The molecule has 0 N–H and O–H groups in total. The normalized spacial score (nSPS) is 11.0. The summed E-state index contributed by atoms with van der Waals surface area (Å²) in [6.07, 6.45) is 15.4. The second-order valence-electron chi connectivity index (χ2n) is 9.10. The highest BCUT2D eigenvalue weighted by atomic mass is 16.5. The van der Waals surface area contributed by atoms with Crippen molar-refractivity contribution in [3.63, 3.8) is 0 Å². The van der Waals surface area contributed by atoms with Crippen LogP contribution in [-0.2, 0) is 19.3 Å². The molecule has 3 aromatic rings. The second kappa shape index (κ2) is 14.5. The fourth-order valence-electron chi connectivity index (χ4n) is 4.11. The van der Waals surface area contributed by atoms with Crippen molar-refractivity contribution in [2.75, 3.05) is 6.61 Å². The summed E-state index contributed by atoms with van der Waals surface area (Å²) in [7, 11) is 0. The summed E-state index contributed by atoms with van der Waals surface area (Å²) in [5.41, 5.74) is 6.38. The average Bonchev–Trinajstić information content (AvgIpc) is 2.86. The number of aromatic nitrogens is 1. The lowest BCUT2D eigenvalue weighted by Gasteiger charge is -2.08. The second-order valence-corrected chi connectivity index (χ2v) is 9.10. The van der Waals surface area contributed by atoms with E-state index in [4.69, 9.17) is 4.74 Å². The number of rotatable bonds is 15. The molecule has 0 fully saturated rings. The van der Waals surface area contributed by atoms with E-state index in [9.17, 15) is 0 Å². The van der Waals surface area contributed by atoms with E-state index in [0.29, 0.717) is 0 Å². The topological polar surface area (TPSA) is 22.1 Å². The molecule has 2 aromatic carbocycles. The van der Waals surface area contributed by atoms with Crippen molar-refractivity contribution < 1.29 is 4.74 Å². The average molecular weight is 444 g/mol. The Morgan fingerprint density at radius 1 is 0.576 bits per heavy atom. The Balaban J connectivity index is 1.43. The van der Waals surface area contributed by atoms with Crippen molar-refractivity contribution in [1.82, 2.24) is 4.98 Å². The summed E-state index contributed by atoms with van der Waals surface area (Å²) in [5, 5.41) is 0. The Bertz CT molecular complexity index is 897. The van der Waals surface area contributed by atoms with E-state index in [0.717, 1.165) is 38.0 Å². The minimum absolute atomic E-state index is 0.814. The van der Waals surface area contributed by atoms with Gasteiger partial charge in [-0.1, -0.05) is 94.8 Å². The summed E-state index contributed by atoms with van der Waals surface area (Å²) < 4.78 is 5.90. The van der Waals surface area contributed by atoms with Gasteiger partial charge in [0, 0.05) is 11.9 Å². The number of benzene rings is 2. The first-order valence-electron chi connectivity index (χ1n) is 13.0. The van der Waals surface area contributed by atoms with Crippen LogP contribution in [0.1, 0.15) is 82.0 Å². The molecule has 0 bridgehead atoms. The Labute approximate surface area is 201 Å². The van der Waals surface area contributed by atoms with Crippen LogP contribution < -0.4 is 4.74 Å².